The fourth-order valence-corrected chi connectivity index (χ4v) is 1.63. The maximum absolute atomic E-state index is 13.5. The second-order valence-corrected chi connectivity index (χ2v) is 3.97. The van der Waals surface area contributed by atoms with E-state index in [2.05, 4.69) is 4.74 Å². The van der Waals surface area contributed by atoms with Crippen molar-refractivity contribution in [3.63, 3.8) is 0 Å². The van der Waals surface area contributed by atoms with Crippen LogP contribution in [0.2, 0.25) is 0 Å². The molecule has 1 aliphatic carbocycles. The summed E-state index contributed by atoms with van der Waals surface area (Å²) < 4.78 is 120. The zero-order valence-corrected chi connectivity index (χ0v) is 8.72. The highest BCUT2D eigenvalue weighted by Gasteiger charge is 2.90. The Balaban J connectivity index is 3.45. The first-order valence-electron chi connectivity index (χ1n) is 4.46. The molecule has 1 atom stereocenters. The summed E-state index contributed by atoms with van der Waals surface area (Å²) in [7, 11) is 0.498. The summed E-state index contributed by atoms with van der Waals surface area (Å²) in [4.78, 5) is 0. The molecule has 1 nitrogen and oxygen atoms in total. The lowest BCUT2D eigenvalue weighted by Crippen LogP contribution is -2.76. The number of alkyl halides is 9. The first kappa shape index (κ1) is 15.4. The van der Waals surface area contributed by atoms with Gasteiger partial charge in [-0.25, -0.2) is 13.2 Å². The van der Waals surface area contributed by atoms with Gasteiger partial charge in [-0.05, 0) is 0 Å². The SMILES string of the molecule is COCC1(F)C(F)(F)CC(F)(F)C(F)(F)C1(F)F. The van der Waals surface area contributed by atoms with Gasteiger partial charge < -0.3 is 4.74 Å². The van der Waals surface area contributed by atoms with Crippen molar-refractivity contribution in [1.29, 1.82) is 0 Å². The Hall–Kier alpha value is -0.670. The molecule has 0 bridgehead atoms. The van der Waals surface area contributed by atoms with Gasteiger partial charge in [-0.2, -0.15) is 26.3 Å². The molecule has 0 radical (unpaired) electrons. The van der Waals surface area contributed by atoms with Crippen LogP contribution in [0, 0.1) is 0 Å². The molecule has 1 aliphatic rings. The van der Waals surface area contributed by atoms with Crippen molar-refractivity contribution in [3.8, 4) is 0 Å². The zero-order chi connectivity index (χ0) is 14.6. The lowest BCUT2D eigenvalue weighted by atomic mass is 9.75. The second kappa shape index (κ2) is 3.67. The van der Waals surface area contributed by atoms with E-state index in [0.29, 0.717) is 7.11 Å². The highest BCUT2D eigenvalue weighted by molar-refractivity contribution is 5.19. The van der Waals surface area contributed by atoms with Crippen molar-refractivity contribution in [2.24, 2.45) is 0 Å². The van der Waals surface area contributed by atoms with E-state index in [1.54, 1.807) is 0 Å². The normalized spacial score (nSPS) is 36.3. The van der Waals surface area contributed by atoms with Gasteiger partial charge in [0, 0.05) is 7.11 Å². The Labute approximate surface area is 94.9 Å². The van der Waals surface area contributed by atoms with Gasteiger partial charge >= 0.3 is 17.8 Å². The van der Waals surface area contributed by atoms with Crippen LogP contribution in [-0.2, 0) is 4.74 Å². The molecule has 1 saturated carbocycles. The average molecular weight is 290 g/mol. The quantitative estimate of drug-likeness (QED) is 0.709. The largest absolute Gasteiger partial charge is 0.381 e. The number of rotatable bonds is 2. The molecule has 0 spiro atoms. The van der Waals surface area contributed by atoms with Gasteiger partial charge in [-0.1, -0.05) is 0 Å². The summed E-state index contributed by atoms with van der Waals surface area (Å²) in [5.74, 6) is -23.6. The van der Waals surface area contributed by atoms with Gasteiger partial charge in [0.05, 0.1) is 13.0 Å². The number of halogens is 9. The summed E-state index contributed by atoms with van der Waals surface area (Å²) in [5.41, 5.74) is -5.21. The average Bonchev–Trinajstić information content (AvgIpc) is 2.13. The van der Waals surface area contributed by atoms with Crippen LogP contribution >= 0.6 is 0 Å². The van der Waals surface area contributed by atoms with Crippen molar-refractivity contribution >= 4 is 0 Å². The van der Waals surface area contributed by atoms with E-state index in [-0.39, 0.29) is 0 Å². The molecule has 10 heteroatoms. The molecule has 0 N–H and O–H groups in total. The Kier molecular flexibility index (Phi) is 3.14. The monoisotopic (exact) mass is 290 g/mol. The first-order chi connectivity index (χ1) is 7.77. The molecule has 0 aliphatic heterocycles. The summed E-state index contributed by atoms with van der Waals surface area (Å²) in [5, 5.41) is 0. The van der Waals surface area contributed by atoms with E-state index < -0.39 is 42.4 Å². The standard InChI is InChI=1S/C8H7F9O/c1-18-3-4(9)5(10,11)2-6(12,13)8(16,17)7(4,14)15/h2-3H2,1H3. The molecule has 108 valence electrons. The van der Waals surface area contributed by atoms with E-state index in [9.17, 15) is 39.5 Å². The molecule has 1 fully saturated rings. The first-order valence-corrected chi connectivity index (χ1v) is 4.46. The Morgan fingerprint density at radius 1 is 0.778 bits per heavy atom. The van der Waals surface area contributed by atoms with Gasteiger partial charge in [0.25, 0.3) is 11.6 Å². The van der Waals surface area contributed by atoms with Crippen molar-refractivity contribution in [3.05, 3.63) is 0 Å². The number of hydrogen-bond acceptors (Lipinski definition) is 1. The molecule has 0 heterocycles. The minimum atomic E-state index is -6.28. The fourth-order valence-electron chi connectivity index (χ4n) is 1.63. The number of methoxy groups -OCH3 is 1. The topological polar surface area (TPSA) is 9.23 Å². The minimum absolute atomic E-state index is 0.498. The predicted molar refractivity (Wildman–Crippen MR) is 40.1 cm³/mol. The highest BCUT2D eigenvalue weighted by Crippen LogP contribution is 2.63. The van der Waals surface area contributed by atoms with Gasteiger partial charge in [-0.3, -0.25) is 0 Å². The third-order valence-corrected chi connectivity index (χ3v) is 2.72. The van der Waals surface area contributed by atoms with Crippen LogP contribution in [-0.4, -0.2) is 43.1 Å². The second-order valence-electron chi connectivity index (χ2n) is 3.97. The minimum Gasteiger partial charge on any atom is -0.381 e. The third kappa shape index (κ3) is 1.53. The molecular weight excluding hydrogens is 283 g/mol. The maximum Gasteiger partial charge on any atom is 0.375 e. The fraction of sp³-hybridized carbons (Fsp3) is 1.00. The van der Waals surface area contributed by atoms with Crippen LogP contribution in [0.5, 0.6) is 0 Å². The molecule has 0 aromatic heterocycles. The van der Waals surface area contributed by atoms with Crippen LogP contribution < -0.4 is 0 Å². The van der Waals surface area contributed by atoms with Crippen LogP contribution in [0.25, 0.3) is 0 Å². The van der Waals surface area contributed by atoms with Crippen molar-refractivity contribution in [1.82, 2.24) is 0 Å². The van der Waals surface area contributed by atoms with Gasteiger partial charge in [0.1, 0.15) is 0 Å². The molecule has 1 rings (SSSR count). The van der Waals surface area contributed by atoms with E-state index in [1.807, 2.05) is 0 Å². The zero-order valence-electron chi connectivity index (χ0n) is 8.72. The summed E-state index contributed by atoms with van der Waals surface area (Å²) in [6, 6.07) is 0. The van der Waals surface area contributed by atoms with Gasteiger partial charge in [-0.15, -0.1) is 0 Å². The molecule has 0 amide bonds. The van der Waals surface area contributed by atoms with Crippen LogP contribution in [0.3, 0.4) is 0 Å². The van der Waals surface area contributed by atoms with E-state index in [4.69, 9.17) is 0 Å². The molecule has 0 saturated heterocycles. The number of hydrogen-bond donors (Lipinski definition) is 0. The van der Waals surface area contributed by atoms with E-state index >= 15 is 0 Å². The number of ether oxygens (including phenoxy) is 1. The summed E-state index contributed by atoms with van der Waals surface area (Å²) in [6.07, 6.45) is -3.03. The van der Waals surface area contributed by atoms with Crippen LogP contribution in [0.1, 0.15) is 6.42 Å². The van der Waals surface area contributed by atoms with Crippen molar-refractivity contribution in [2.45, 2.75) is 35.8 Å². The van der Waals surface area contributed by atoms with E-state index in [1.165, 1.54) is 0 Å². The molecule has 1 unspecified atom stereocenters. The molecule has 0 aromatic carbocycles. The van der Waals surface area contributed by atoms with Crippen molar-refractivity contribution < 1.29 is 44.3 Å². The van der Waals surface area contributed by atoms with Crippen LogP contribution in [0.15, 0.2) is 0 Å². The van der Waals surface area contributed by atoms with Gasteiger partial charge in [0.15, 0.2) is 0 Å². The Morgan fingerprint density at radius 3 is 1.61 bits per heavy atom. The predicted octanol–water partition coefficient (Wildman–Crippen LogP) is 3.29. The summed E-state index contributed by atoms with van der Waals surface area (Å²) >= 11 is 0. The highest BCUT2D eigenvalue weighted by atomic mass is 19.4. The van der Waals surface area contributed by atoms with Crippen LogP contribution in [0.4, 0.5) is 39.5 Å². The Bertz CT molecular complexity index is 339. The molecule has 0 aromatic rings. The molecular formula is C8H7F9O. The maximum atomic E-state index is 13.5. The van der Waals surface area contributed by atoms with E-state index in [0.717, 1.165) is 0 Å². The van der Waals surface area contributed by atoms with Crippen molar-refractivity contribution in [2.75, 3.05) is 13.7 Å². The molecule has 18 heavy (non-hydrogen) atoms. The summed E-state index contributed by atoms with van der Waals surface area (Å²) in [6.45, 7) is -2.14. The van der Waals surface area contributed by atoms with Gasteiger partial charge in [0.2, 0.25) is 0 Å². The smallest absolute Gasteiger partial charge is 0.375 e. The Morgan fingerprint density at radius 2 is 1.22 bits per heavy atom. The third-order valence-electron chi connectivity index (χ3n) is 2.72. The lowest BCUT2D eigenvalue weighted by molar-refractivity contribution is -0.419. The lowest BCUT2D eigenvalue weighted by Gasteiger charge is -2.48.